The van der Waals surface area contributed by atoms with E-state index in [1.807, 2.05) is 0 Å². The molecule has 9 heteroatoms. The average molecular weight is 348 g/mol. The van der Waals surface area contributed by atoms with Crippen LogP contribution in [0.5, 0.6) is 0 Å². The molecule has 2 aromatic carbocycles. The van der Waals surface area contributed by atoms with Gasteiger partial charge >= 0.3 is 21.7 Å². The van der Waals surface area contributed by atoms with Crippen LogP contribution in [-0.4, -0.2) is 23.9 Å². The van der Waals surface area contributed by atoms with Gasteiger partial charge in [0, 0.05) is 16.7 Å². The fraction of sp³-hybridized carbons (Fsp3) is 0. The third kappa shape index (κ3) is 3.23. The van der Waals surface area contributed by atoms with Crippen molar-refractivity contribution in [3.05, 3.63) is 46.5 Å². The van der Waals surface area contributed by atoms with Gasteiger partial charge in [0.05, 0.1) is 23.9 Å². The first kappa shape index (κ1) is 18.3. The molecule has 0 aliphatic rings. The summed E-state index contributed by atoms with van der Waals surface area (Å²) in [5, 5.41) is 43.8. The van der Waals surface area contributed by atoms with Crippen LogP contribution in [0.1, 0.15) is 41.4 Å². The minimum absolute atomic E-state index is 0. The van der Waals surface area contributed by atoms with Crippen LogP contribution in [-0.2, 0) is 21.7 Å². The van der Waals surface area contributed by atoms with E-state index in [1.54, 1.807) is 0 Å². The van der Waals surface area contributed by atoms with Crippen molar-refractivity contribution in [2.24, 2.45) is 0 Å². The van der Waals surface area contributed by atoms with Crippen molar-refractivity contribution in [1.29, 1.82) is 0 Å². The Morgan fingerprint density at radius 1 is 0.696 bits per heavy atom. The Labute approximate surface area is 142 Å². The van der Waals surface area contributed by atoms with Gasteiger partial charge in [0.1, 0.15) is 0 Å². The van der Waals surface area contributed by atoms with Crippen LogP contribution in [0.2, 0.25) is 0 Å². The zero-order valence-corrected chi connectivity index (χ0v) is 12.6. The summed E-state index contributed by atoms with van der Waals surface area (Å²) in [6, 6.07) is 3.86. The maximum atomic E-state index is 11.2. The van der Waals surface area contributed by atoms with Gasteiger partial charge in [0.2, 0.25) is 0 Å². The van der Waals surface area contributed by atoms with E-state index in [1.165, 1.54) is 0 Å². The maximum absolute atomic E-state index is 11.2. The molecule has 0 amide bonds. The second kappa shape index (κ2) is 6.59. The van der Waals surface area contributed by atoms with E-state index < -0.39 is 46.1 Å². The summed E-state index contributed by atoms with van der Waals surface area (Å²) in [5.74, 6) is -7.61. The molecular formula is C14H4O8Ti. The van der Waals surface area contributed by atoms with Crippen molar-refractivity contribution in [2.75, 3.05) is 0 Å². The number of benzene rings is 2. The summed E-state index contributed by atoms with van der Waals surface area (Å²) in [7, 11) is 0. The summed E-state index contributed by atoms with van der Waals surface area (Å²) in [6.45, 7) is 0. The third-order valence-electron chi connectivity index (χ3n) is 3.01. The number of aromatic carboxylic acids is 4. The van der Waals surface area contributed by atoms with E-state index in [-0.39, 0.29) is 32.5 Å². The van der Waals surface area contributed by atoms with Crippen LogP contribution in [0.3, 0.4) is 0 Å². The first-order valence-corrected chi connectivity index (χ1v) is 5.70. The summed E-state index contributed by atoms with van der Waals surface area (Å²) in [5.41, 5.74) is -3.48. The Morgan fingerprint density at radius 2 is 1.26 bits per heavy atom. The topological polar surface area (TPSA) is 161 Å². The van der Waals surface area contributed by atoms with Crippen LogP contribution in [0, 0.1) is 0 Å². The molecule has 0 N–H and O–H groups in total. The van der Waals surface area contributed by atoms with Gasteiger partial charge in [-0.15, -0.1) is 0 Å². The van der Waals surface area contributed by atoms with Crippen LogP contribution in [0.25, 0.3) is 10.8 Å². The first-order chi connectivity index (χ1) is 10.2. The van der Waals surface area contributed by atoms with Gasteiger partial charge in [-0.05, 0) is 28.5 Å². The molecule has 0 bridgehead atoms. The smallest absolute Gasteiger partial charge is 0.545 e. The molecule has 0 aromatic heterocycles. The number of rotatable bonds is 4. The largest absolute Gasteiger partial charge is 4.00 e. The van der Waals surface area contributed by atoms with E-state index in [2.05, 4.69) is 0 Å². The molecule has 23 heavy (non-hydrogen) atoms. The third-order valence-corrected chi connectivity index (χ3v) is 3.01. The zero-order valence-electron chi connectivity index (χ0n) is 11.1. The molecule has 0 aliphatic heterocycles. The summed E-state index contributed by atoms with van der Waals surface area (Å²) in [6.07, 6.45) is 0. The van der Waals surface area contributed by atoms with Gasteiger partial charge < -0.3 is 39.6 Å². The number of hydrogen-bond donors (Lipinski definition) is 0. The number of hydrogen-bond acceptors (Lipinski definition) is 8. The molecule has 0 aliphatic carbocycles. The van der Waals surface area contributed by atoms with Crippen molar-refractivity contribution < 1.29 is 61.3 Å². The Kier molecular flexibility index (Phi) is 5.26. The van der Waals surface area contributed by atoms with E-state index in [0.29, 0.717) is 0 Å². The molecule has 0 saturated heterocycles. The predicted molar refractivity (Wildman–Crippen MR) is 61.3 cm³/mol. The van der Waals surface area contributed by atoms with E-state index in [0.717, 1.165) is 24.3 Å². The number of carboxylic acids is 4. The number of carboxylic acid groups (broad SMARTS) is 4. The fourth-order valence-electron chi connectivity index (χ4n) is 2.11. The Balaban J connectivity index is 0.00000264. The van der Waals surface area contributed by atoms with Crippen molar-refractivity contribution >= 4 is 34.6 Å². The fourth-order valence-corrected chi connectivity index (χ4v) is 2.11. The van der Waals surface area contributed by atoms with Crippen LogP contribution >= 0.6 is 0 Å². The van der Waals surface area contributed by atoms with E-state index in [4.69, 9.17) is 0 Å². The molecule has 112 valence electrons. The molecule has 2 aromatic rings. The molecule has 2 rings (SSSR count). The molecule has 0 fully saturated rings. The molecule has 0 radical (unpaired) electrons. The van der Waals surface area contributed by atoms with Crippen molar-refractivity contribution in [3.63, 3.8) is 0 Å². The quantitative estimate of drug-likeness (QED) is 0.510. The molecule has 8 nitrogen and oxygen atoms in total. The van der Waals surface area contributed by atoms with Gasteiger partial charge in [0.15, 0.2) is 0 Å². The number of carbonyl (C=O) groups is 4. The van der Waals surface area contributed by atoms with Crippen molar-refractivity contribution in [3.8, 4) is 0 Å². The predicted octanol–water partition coefficient (Wildman–Crippen LogP) is -3.71. The summed E-state index contributed by atoms with van der Waals surface area (Å²) >= 11 is 0. The van der Waals surface area contributed by atoms with Crippen LogP contribution in [0.4, 0.5) is 0 Å². The Bertz CT molecular complexity index is 855. The first-order valence-electron chi connectivity index (χ1n) is 5.70. The molecule has 0 spiro atoms. The average Bonchev–Trinajstić information content (AvgIpc) is 2.43. The normalized spacial score (nSPS) is 9.91. The van der Waals surface area contributed by atoms with Crippen LogP contribution < -0.4 is 20.4 Å². The van der Waals surface area contributed by atoms with Gasteiger partial charge in [0.25, 0.3) is 0 Å². The van der Waals surface area contributed by atoms with E-state index in [9.17, 15) is 39.6 Å². The summed E-state index contributed by atoms with van der Waals surface area (Å²) < 4.78 is 0. The Morgan fingerprint density at radius 3 is 1.70 bits per heavy atom. The maximum Gasteiger partial charge on any atom is 4.00 e. The van der Waals surface area contributed by atoms with Gasteiger partial charge in [-0.25, -0.2) is 0 Å². The molecular weight excluding hydrogens is 344 g/mol. The minimum Gasteiger partial charge on any atom is -0.545 e. The van der Waals surface area contributed by atoms with Crippen LogP contribution in [0.15, 0.2) is 24.3 Å². The summed E-state index contributed by atoms with van der Waals surface area (Å²) in [4.78, 5) is 44.1. The van der Waals surface area contributed by atoms with Gasteiger partial charge in [-0.2, -0.15) is 0 Å². The number of fused-ring (bicyclic) bond motifs is 1. The monoisotopic (exact) mass is 348 g/mol. The molecule has 0 saturated carbocycles. The van der Waals surface area contributed by atoms with Gasteiger partial charge in [-0.1, -0.05) is 12.1 Å². The molecule has 0 heterocycles. The van der Waals surface area contributed by atoms with Gasteiger partial charge in [-0.3, -0.25) is 0 Å². The minimum atomic E-state index is -2.07. The van der Waals surface area contributed by atoms with E-state index >= 15 is 0 Å². The molecule has 0 unspecified atom stereocenters. The van der Waals surface area contributed by atoms with Crippen molar-refractivity contribution in [2.45, 2.75) is 0 Å². The SMILES string of the molecule is O=C([O-])c1ccc2cc(C(=O)[O-])c(C(=O)[O-])c(C(=O)[O-])c2c1.[Ti+4]. The second-order valence-electron chi connectivity index (χ2n) is 4.26. The standard InChI is InChI=1S/C14H8O8.Ti/c15-11(16)6-2-1-5-3-8(12(17)18)10(14(21)22)9(13(19)20)7(5)4-6;/h1-4H,(H,15,16)(H,17,18)(H,19,20)(H,21,22);/q;+4/p-4. The number of carbonyl (C=O) groups excluding carboxylic acids is 4. The second-order valence-corrected chi connectivity index (χ2v) is 4.26. The van der Waals surface area contributed by atoms with Crippen molar-refractivity contribution in [1.82, 2.24) is 0 Å². The zero-order chi connectivity index (χ0) is 16.6. The molecule has 0 atom stereocenters. The Hall–Kier alpha value is -2.71.